The fourth-order valence-electron chi connectivity index (χ4n) is 14.3. The maximum absolute atomic E-state index is 14.0. The number of benzene rings is 7. The highest BCUT2D eigenvalue weighted by Crippen LogP contribution is 2.67. The first kappa shape index (κ1) is 56.0. The number of carbonyl (C=O) groups excluding carboxylic acids is 1. The first-order valence-corrected chi connectivity index (χ1v) is 35.5. The van der Waals surface area contributed by atoms with E-state index in [2.05, 4.69) is 180 Å². The average Bonchev–Trinajstić information content (AvgIpc) is 1.51. The molecular weight excluding hydrogens is 1230 g/mol. The third-order valence-corrected chi connectivity index (χ3v) is 26.1. The molecule has 6 aromatic heterocycles. The maximum atomic E-state index is 14.0. The van der Waals surface area contributed by atoms with Crippen LogP contribution in [0.4, 0.5) is 5.00 Å². The number of allylic oxidation sites excluding steroid dienone is 2. The number of fused-ring (bicyclic) bond motifs is 11. The highest BCUT2D eigenvalue weighted by atomic mass is 32.2. The van der Waals surface area contributed by atoms with E-state index in [0.717, 1.165) is 44.5 Å². The summed E-state index contributed by atoms with van der Waals surface area (Å²) >= 11 is 12.0. The molecular formula is C75H52N6OS7. The molecule has 89 heavy (non-hydrogen) atoms. The van der Waals surface area contributed by atoms with Gasteiger partial charge in [0.05, 0.1) is 35.7 Å². The first-order chi connectivity index (χ1) is 43.2. The lowest BCUT2D eigenvalue weighted by molar-refractivity contribution is 0.0885. The molecule has 3 aliphatic rings. The normalized spacial score (nSPS) is 15.9. The Morgan fingerprint density at radius 2 is 1.11 bits per heavy atom. The van der Waals surface area contributed by atoms with Crippen LogP contribution in [0.1, 0.15) is 107 Å². The van der Waals surface area contributed by atoms with E-state index >= 15 is 0 Å². The van der Waals surface area contributed by atoms with E-state index in [1.807, 2.05) is 71.6 Å². The van der Waals surface area contributed by atoms with Crippen LogP contribution in [-0.4, -0.2) is 33.2 Å². The summed E-state index contributed by atoms with van der Waals surface area (Å²) < 4.78 is 3.70. The molecule has 14 heteroatoms. The first-order valence-electron chi connectivity index (χ1n) is 29.4. The van der Waals surface area contributed by atoms with Gasteiger partial charge in [-0.2, -0.15) is 10.5 Å². The number of Topliss-reactive ketones (excluding diaryl/α,β-unsaturated/α-hetero) is 1. The second-order valence-corrected chi connectivity index (χ2v) is 30.9. The molecule has 430 valence electrons. The number of aliphatic imine (C=N–C) groups is 1. The van der Waals surface area contributed by atoms with Gasteiger partial charge in [-0.05, 0) is 164 Å². The van der Waals surface area contributed by atoms with Crippen molar-refractivity contribution in [1.82, 2.24) is 15.0 Å². The number of thiophene rings is 3. The Hall–Kier alpha value is -8.28. The fourth-order valence-corrected chi connectivity index (χ4v) is 21.8. The van der Waals surface area contributed by atoms with Crippen LogP contribution in [0.5, 0.6) is 0 Å². The van der Waals surface area contributed by atoms with Crippen LogP contribution < -0.4 is 0 Å². The quantitative estimate of drug-likeness (QED) is 0.0719. The lowest BCUT2D eigenvalue weighted by atomic mass is 9.65. The zero-order valence-electron chi connectivity index (χ0n) is 49.5. The Bertz CT molecular complexity index is 5160. The number of carbonyl (C=O) groups is 1. The van der Waals surface area contributed by atoms with Gasteiger partial charge in [0.1, 0.15) is 37.8 Å². The van der Waals surface area contributed by atoms with Crippen molar-refractivity contribution in [3.63, 3.8) is 0 Å². The number of rotatable bonds is 11. The van der Waals surface area contributed by atoms with Crippen LogP contribution >= 0.6 is 79.8 Å². The standard InChI is InChI=1S/C75H52N6OS7/c1-39-13-21-46(22-14-39)74(47-23-15-40(2)16-24-47)55-34-54-56(33-53(55)52-31-44-32-60(85-58(44)35-57(52)74)67-81-72-71(89-67)79-43(5)84-72)75(48-25-17-41(3)18-26-48,49-27-19-42(4)20-28-49)63-64(54)86-59-36-61(87-65(59)63)68-80-70(83-7)69(88-68)78-30-10-29-73(6)62(45(37-76)38-77)50-11-8-9-12-51(50)66(73)82/h8-9,11-28,30-36H,10,29H2,1-7H3/b78-30+. The van der Waals surface area contributed by atoms with Crippen LogP contribution in [0.25, 0.3) is 76.1 Å². The number of nitrogens with zero attached hydrogens (tertiary/aromatic N) is 6. The van der Waals surface area contributed by atoms with Gasteiger partial charge in [0, 0.05) is 37.2 Å². The van der Waals surface area contributed by atoms with E-state index in [4.69, 9.17) is 19.9 Å². The molecule has 0 aliphatic heterocycles. The van der Waals surface area contributed by atoms with Crippen LogP contribution in [0.15, 0.2) is 173 Å². The molecule has 0 spiro atoms. The molecule has 0 saturated carbocycles. The van der Waals surface area contributed by atoms with Crippen LogP contribution in [-0.2, 0) is 10.8 Å². The SMILES string of the molecule is CSc1nc(-c2cc3sc4c(c3s2)C(c2ccc(C)cc2)(c2ccc(C)cc2)c2cc3c(cc2-4)C(c2ccc(C)cc2)(c2ccc(C)cc2)c2cc4sc(-c5nc6sc(C)nc6s5)cc4cc2-3)sc1/N=C/CCC1(C)C(=O)c2ccccc2C1=C(C#N)C#N. The van der Waals surface area contributed by atoms with Gasteiger partial charge >= 0.3 is 0 Å². The number of hydrogen-bond donors (Lipinski definition) is 0. The van der Waals surface area contributed by atoms with Crippen molar-refractivity contribution in [1.29, 1.82) is 10.5 Å². The molecule has 0 amide bonds. The molecule has 13 aromatic rings. The fraction of sp³-hybridized carbons (Fsp3) is 0.160. The van der Waals surface area contributed by atoms with E-state index in [0.29, 0.717) is 29.5 Å². The van der Waals surface area contributed by atoms with Crippen molar-refractivity contribution >= 4 is 132 Å². The predicted molar refractivity (Wildman–Crippen MR) is 375 cm³/mol. The van der Waals surface area contributed by atoms with E-state index < -0.39 is 16.2 Å². The van der Waals surface area contributed by atoms with Gasteiger partial charge < -0.3 is 0 Å². The summed E-state index contributed by atoms with van der Waals surface area (Å²) in [6, 6.07) is 63.5. The summed E-state index contributed by atoms with van der Waals surface area (Å²) in [6.45, 7) is 12.6. The summed E-state index contributed by atoms with van der Waals surface area (Å²) in [5.74, 6) is -0.0766. The molecule has 1 atom stereocenters. The lowest BCUT2D eigenvalue weighted by Crippen LogP contribution is -2.30. The number of aromatic nitrogens is 3. The third kappa shape index (κ3) is 8.31. The van der Waals surface area contributed by atoms with Crippen molar-refractivity contribution in [2.45, 2.75) is 70.2 Å². The average molecular weight is 1280 g/mol. The number of aryl methyl sites for hydroxylation is 5. The van der Waals surface area contributed by atoms with E-state index in [1.165, 1.54) is 108 Å². The van der Waals surface area contributed by atoms with E-state index in [9.17, 15) is 15.3 Å². The lowest BCUT2D eigenvalue weighted by Gasteiger charge is -2.35. The minimum Gasteiger partial charge on any atom is -0.293 e. The van der Waals surface area contributed by atoms with Crippen molar-refractivity contribution in [2.75, 3.05) is 6.26 Å². The number of thioether (sulfide) groups is 1. The molecule has 0 saturated heterocycles. The number of thiazole rings is 3. The maximum Gasteiger partial charge on any atom is 0.173 e. The largest absolute Gasteiger partial charge is 0.293 e. The molecule has 1 unspecified atom stereocenters. The minimum absolute atomic E-state index is 0.0252. The number of hydrogen-bond acceptors (Lipinski definition) is 14. The van der Waals surface area contributed by atoms with Crippen LogP contribution in [0.3, 0.4) is 0 Å². The monoisotopic (exact) mass is 1280 g/mol. The van der Waals surface area contributed by atoms with Gasteiger partial charge in [0.25, 0.3) is 0 Å². The summed E-state index contributed by atoms with van der Waals surface area (Å²) in [7, 11) is 0. The minimum atomic E-state index is -1.04. The molecule has 16 rings (SSSR count). The van der Waals surface area contributed by atoms with Gasteiger partial charge in [-0.25, -0.2) is 19.9 Å². The van der Waals surface area contributed by atoms with Gasteiger partial charge in [0.2, 0.25) is 0 Å². The Morgan fingerprint density at radius 1 is 0.562 bits per heavy atom. The summed E-state index contributed by atoms with van der Waals surface area (Å²) in [4.78, 5) is 39.9. The van der Waals surface area contributed by atoms with Crippen LogP contribution in [0.2, 0.25) is 0 Å². The van der Waals surface area contributed by atoms with Crippen molar-refractivity contribution in [3.8, 4) is 53.5 Å². The topological polar surface area (TPSA) is 116 Å². The van der Waals surface area contributed by atoms with Crippen molar-refractivity contribution in [2.24, 2.45) is 10.4 Å². The third-order valence-electron chi connectivity index (χ3n) is 18.5. The molecule has 7 nitrogen and oxygen atoms in total. The van der Waals surface area contributed by atoms with Gasteiger partial charge in [-0.3, -0.25) is 4.79 Å². The molecule has 3 aliphatic carbocycles. The molecule has 0 fully saturated rings. The molecule has 7 aromatic carbocycles. The molecule has 0 N–H and O–H groups in total. The second kappa shape index (κ2) is 20.9. The molecule has 0 bridgehead atoms. The second-order valence-electron chi connectivity index (χ2n) is 23.8. The Morgan fingerprint density at radius 3 is 1.73 bits per heavy atom. The summed E-state index contributed by atoms with van der Waals surface area (Å²) in [5, 5.41) is 25.9. The predicted octanol–water partition coefficient (Wildman–Crippen LogP) is 21.2. The molecule has 0 radical (unpaired) electrons. The zero-order chi connectivity index (χ0) is 60.8. The van der Waals surface area contributed by atoms with E-state index in [-0.39, 0.29) is 11.4 Å². The van der Waals surface area contributed by atoms with Gasteiger partial charge in [-0.15, -0.1) is 45.8 Å². The van der Waals surface area contributed by atoms with Crippen molar-refractivity contribution in [3.05, 3.63) is 246 Å². The van der Waals surface area contributed by atoms with Gasteiger partial charge in [-0.1, -0.05) is 178 Å². The highest BCUT2D eigenvalue weighted by Gasteiger charge is 2.54. The van der Waals surface area contributed by atoms with Crippen LogP contribution in [0, 0.1) is 62.7 Å². The van der Waals surface area contributed by atoms with Crippen molar-refractivity contribution < 1.29 is 4.79 Å². The summed E-state index contributed by atoms with van der Waals surface area (Å²) in [5.41, 5.74) is 17.9. The number of nitriles is 2. The number of ketones is 1. The highest BCUT2D eigenvalue weighted by molar-refractivity contribution is 7.98. The Kier molecular flexibility index (Phi) is 13.2. The zero-order valence-corrected chi connectivity index (χ0v) is 55.2. The van der Waals surface area contributed by atoms with Gasteiger partial charge in [0.15, 0.2) is 15.4 Å². The Balaban J connectivity index is 0.880. The van der Waals surface area contributed by atoms with E-state index in [1.54, 1.807) is 51.8 Å². The Labute approximate surface area is 543 Å². The molecule has 6 heterocycles. The smallest absolute Gasteiger partial charge is 0.173 e. The summed E-state index contributed by atoms with van der Waals surface area (Å²) in [6.07, 6.45) is 4.76.